The van der Waals surface area contributed by atoms with Crippen molar-refractivity contribution in [3.63, 3.8) is 0 Å². The summed E-state index contributed by atoms with van der Waals surface area (Å²) in [7, 11) is 1.64. The Morgan fingerprint density at radius 1 is 1.07 bits per heavy atom. The number of nitrogens with zero attached hydrogens (tertiary/aromatic N) is 1. The van der Waals surface area contributed by atoms with E-state index in [2.05, 4.69) is 24.7 Å². The Morgan fingerprint density at radius 3 is 2.50 bits per heavy atom. The van der Waals surface area contributed by atoms with Crippen LogP contribution in [0.4, 0.5) is 8.78 Å². The molecule has 2 aromatic rings. The highest BCUT2D eigenvalue weighted by atomic mass is 19.1. The number of benzene rings is 2. The Balaban J connectivity index is 1.16. The van der Waals surface area contributed by atoms with Gasteiger partial charge in [0.15, 0.2) is 11.6 Å². The molecule has 0 amide bonds. The van der Waals surface area contributed by atoms with Crippen LogP contribution in [-0.2, 0) is 19.7 Å². The molecule has 1 spiro atoms. The van der Waals surface area contributed by atoms with E-state index in [9.17, 15) is 18.4 Å². The third-order valence-electron chi connectivity index (χ3n) is 10.6. The van der Waals surface area contributed by atoms with Crippen LogP contribution in [0.25, 0.3) is 5.70 Å². The molecule has 2 heterocycles. The van der Waals surface area contributed by atoms with E-state index in [1.54, 1.807) is 13.2 Å². The van der Waals surface area contributed by atoms with Crippen LogP contribution < -0.4 is 4.74 Å². The van der Waals surface area contributed by atoms with Gasteiger partial charge in [-0.3, -0.25) is 9.59 Å². The molecule has 240 valence electrons. The SMILES string of the molecule is COc1cccc(C(C)(C)/C=C/C(=O)CC2(/C=C/C(=O)C3=C=NC(c4ccc(F)cc4F)=C3)CC(C3CCC4(CC3)COC4)C2)c1. The Bertz CT molecular complexity index is 1670. The lowest BCUT2D eigenvalue weighted by Crippen LogP contribution is -2.48. The molecule has 2 aliphatic carbocycles. The lowest BCUT2D eigenvalue weighted by atomic mass is 9.53. The summed E-state index contributed by atoms with van der Waals surface area (Å²) in [5, 5.41) is 0. The van der Waals surface area contributed by atoms with Crippen molar-refractivity contribution in [3.8, 4) is 5.75 Å². The van der Waals surface area contributed by atoms with Crippen molar-refractivity contribution in [1.82, 2.24) is 0 Å². The molecule has 0 atom stereocenters. The first-order chi connectivity index (χ1) is 22.0. The lowest BCUT2D eigenvalue weighted by molar-refractivity contribution is -0.143. The van der Waals surface area contributed by atoms with E-state index in [-0.39, 0.29) is 33.8 Å². The van der Waals surface area contributed by atoms with Crippen LogP contribution in [0, 0.1) is 34.3 Å². The number of aliphatic imine (C=N–C) groups is 1. The van der Waals surface area contributed by atoms with Crippen LogP contribution >= 0.6 is 0 Å². The van der Waals surface area contributed by atoms with Crippen molar-refractivity contribution >= 4 is 23.1 Å². The van der Waals surface area contributed by atoms with Gasteiger partial charge < -0.3 is 9.47 Å². The highest BCUT2D eigenvalue weighted by molar-refractivity contribution is 6.15. The number of carbonyl (C=O) groups excluding carboxylic acids is 2. The first-order valence-corrected chi connectivity index (χ1v) is 16.2. The van der Waals surface area contributed by atoms with Gasteiger partial charge in [-0.1, -0.05) is 38.1 Å². The zero-order valence-electron chi connectivity index (χ0n) is 26.8. The summed E-state index contributed by atoms with van der Waals surface area (Å²) in [4.78, 5) is 30.8. The van der Waals surface area contributed by atoms with E-state index in [4.69, 9.17) is 9.47 Å². The molecule has 0 bridgehead atoms. The summed E-state index contributed by atoms with van der Waals surface area (Å²) in [6.45, 7) is 5.90. The Hall–Kier alpha value is -3.93. The number of hydrogen-bond acceptors (Lipinski definition) is 5. The number of allylic oxidation sites excluding steroid dienone is 6. The summed E-state index contributed by atoms with van der Waals surface area (Å²) in [6, 6.07) is 11.1. The smallest absolute Gasteiger partial charge is 0.194 e. The standard InChI is InChI=1S/C39H41F2NO4/c1-37(2,29-5-4-6-32(18-29)45-3)13-11-31(43)22-39(20-28(21-39)26-9-14-38(15-10-26)24-46-25-38)16-12-36(44)27-17-35(42-23-27)33-8-7-30(40)19-34(33)41/h4-8,11-13,16-19,26,28H,9-10,14-15,20-22,24-25H2,1-3H3/b13-11+,16-12+. The number of carbonyl (C=O) groups is 2. The second kappa shape index (κ2) is 12.7. The molecule has 2 aromatic carbocycles. The number of halogens is 2. The molecular weight excluding hydrogens is 584 g/mol. The summed E-state index contributed by atoms with van der Waals surface area (Å²) in [5.74, 6) is 2.89. The zero-order valence-corrected chi connectivity index (χ0v) is 26.8. The summed E-state index contributed by atoms with van der Waals surface area (Å²) < 4.78 is 38.6. The van der Waals surface area contributed by atoms with Crippen LogP contribution in [0.2, 0.25) is 0 Å². The quantitative estimate of drug-likeness (QED) is 0.237. The first kappa shape index (κ1) is 32.0. The van der Waals surface area contributed by atoms with Gasteiger partial charge in [-0.05, 0) is 110 Å². The molecule has 5 nitrogen and oxygen atoms in total. The highest BCUT2D eigenvalue weighted by Crippen LogP contribution is 2.57. The Morgan fingerprint density at radius 2 is 1.83 bits per heavy atom. The second-order valence-corrected chi connectivity index (χ2v) is 14.3. The minimum atomic E-state index is -0.750. The fraction of sp³-hybridized carbons (Fsp3) is 0.436. The zero-order chi connectivity index (χ0) is 32.5. The van der Waals surface area contributed by atoms with Gasteiger partial charge >= 0.3 is 0 Å². The molecule has 46 heavy (non-hydrogen) atoms. The van der Waals surface area contributed by atoms with Crippen LogP contribution in [0.15, 0.2) is 83.4 Å². The number of ketones is 2. The van der Waals surface area contributed by atoms with Crippen LogP contribution in [0.5, 0.6) is 5.75 Å². The third kappa shape index (κ3) is 6.77. The molecule has 2 aliphatic heterocycles. The summed E-state index contributed by atoms with van der Waals surface area (Å²) >= 11 is 0. The van der Waals surface area contributed by atoms with Gasteiger partial charge in [0.25, 0.3) is 0 Å². The summed E-state index contributed by atoms with van der Waals surface area (Å²) in [6.07, 6.45) is 15.3. The van der Waals surface area contributed by atoms with Crippen molar-refractivity contribution in [2.75, 3.05) is 20.3 Å². The normalized spacial score (nSPS) is 24.2. The van der Waals surface area contributed by atoms with Crippen LogP contribution in [0.1, 0.15) is 69.9 Å². The maximum atomic E-state index is 14.3. The molecule has 3 fully saturated rings. The lowest BCUT2D eigenvalue weighted by Gasteiger charge is -2.53. The highest BCUT2D eigenvalue weighted by Gasteiger charge is 2.49. The number of rotatable bonds is 11. The molecule has 2 saturated carbocycles. The molecule has 1 saturated heterocycles. The van der Waals surface area contributed by atoms with Crippen molar-refractivity contribution < 1.29 is 27.8 Å². The molecule has 4 aliphatic rings. The van der Waals surface area contributed by atoms with Gasteiger partial charge in [-0.25, -0.2) is 13.8 Å². The molecule has 6 rings (SSSR count). The van der Waals surface area contributed by atoms with Gasteiger partial charge in [0.1, 0.15) is 17.4 Å². The van der Waals surface area contributed by atoms with Gasteiger partial charge in [0.2, 0.25) is 0 Å². The van der Waals surface area contributed by atoms with E-state index in [0.29, 0.717) is 23.7 Å². The first-order valence-electron chi connectivity index (χ1n) is 16.2. The molecule has 0 unspecified atom stereocenters. The number of methoxy groups -OCH3 is 1. The van der Waals surface area contributed by atoms with Gasteiger partial charge in [-0.2, -0.15) is 0 Å². The average Bonchev–Trinajstić information content (AvgIpc) is 3.50. The fourth-order valence-electron chi connectivity index (χ4n) is 7.51. The van der Waals surface area contributed by atoms with E-state index in [1.165, 1.54) is 43.9 Å². The summed E-state index contributed by atoms with van der Waals surface area (Å²) in [5.41, 5.74) is 1.17. The number of hydrogen-bond donors (Lipinski definition) is 0. The van der Waals surface area contributed by atoms with Crippen LogP contribution in [0.3, 0.4) is 0 Å². The second-order valence-electron chi connectivity index (χ2n) is 14.3. The van der Waals surface area contributed by atoms with Gasteiger partial charge in [-0.15, -0.1) is 0 Å². The minimum Gasteiger partial charge on any atom is -0.497 e. The fourth-order valence-corrected chi connectivity index (χ4v) is 7.51. The van der Waals surface area contributed by atoms with E-state index in [1.807, 2.05) is 36.4 Å². The minimum absolute atomic E-state index is 0.0244. The Kier molecular flexibility index (Phi) is 8.84. The largest absolute Gasteiger partial charge is 0.497 e. The van der Waals surface area contributed by atoms with Crippen molar-refractivity contribution in [3.05, 3.63) is 101 Å². The maximum Gasteiger partial charge on any atom is 0.194 e. The predicted molar refractivity (Wildman–Crippen MR) is 175 cm³/mol. The monoisotopic (exact) mass is 625 g/mol. The molecule has 0 aromatic heterocycles. The van der Waals surface area contributed by atoms with Crippen molar-refractivity contribution in [2.45, 2.75) is 64.2 Å². The van der Waals surface area contributed by atoms with E-state index < -0.39 is 17.0 Å². The molecule has 0 N–H and O–H groups in total. The van der Waals surface area contributed by atoms with Gasteiger partial charge in [0, 0.05) is 28.9 Å². The molecular formula is C39H41F2NO4. The predicted octanol–water partition coefficient (Wildman–Crippen LogP) is 8.15. The van der Waals surface area contributed by atoms with E-state index >= 15 is 0 Å². The maximum absolute atomic E-state index is 14.3. The molecule has 0 radical (unpaired) electrons. The third-order valence-corrected chi connectivity index (χ3v) is 10.6. The van der Waals surface area contributed by atoms with Crippen LogP contribution in [-0.4, -0.2) is 37.8 Å². The average molecular weight is 626 g/mol. The van der Waals surface area contributed by atoms with Gasteiger partial charge in [0.05, 0.1) is 31.6 Å². The van der Waals surface area contributed by atoms with Crippen molar-refractivity contribution in [1.29, 1.82) is 0 Å². The van der Waals surface area contributed by atoms with Crippen molar-refractivity contribution in [2.24, 2.45) is 27.7 Å². The van der Waals surface area contributed by atoms with E-state index in [0.717, 1.165) is 49.5 Å². The number of ether oxygens (including phenoxy) is 2. The Labute approximate surface area is 269 Å². The topological polar surface area (TPSA) is 65.0 Å². The molecule has 7 heteroatoms.